The van der Waals surface area contributed by atoms with Crippen molar-refractivity contribution in [2.24, 2.45) is 5.92 Å². The summed E-state index contributed by atoms with van der Waals surface area (Å²) in [5.74, 6) is 0.137. The molecule has 2 aromatic carbocycles. The maximum absolute atomic E-state index is 13.3. The van der Waals surface area contributed by atoms with Gasteiger partial charge < -0.3 is 5.32 Å². The predicted molar refractivity (Wildman–Crippen MR) is 97.9 cm³/mol. The Morgan fingerprint density at radius 3 is 2.56 bits per heavy atom. The second-order valence-electron chi connectivity index (χ2n) is 6.87. The van der Waals surface area contributed by atoms with E-state index in [1.165, 1.54) is 30.5 Å². The molecule has 2 aromatic rings. The van der Waals surface area contributed by atoms with Crippen molar-refractivity contribution in [3.05, 3.63) is 71.5 Å². The molecular formula is C21H25FN2O. The van der Waals surface area contributed by atoms with Gasteiger partial charge in [-0.1, -0.05) is 43.3 Å². The van der Waals surface area contributed by atoms with E-state index in [0.29, 0.717) is 12.1 Å². The third-order valence-electron chi connectivity index (χ3n) is 4.99. The van der Waals surface area contributed by atoms with Crippen LogP contribution in [0.2, 0.25) is 0 Å². The van der Waals surface area contributed by atoms with Crippen LogP contribution in [0, 0.1) is 11.7 Å². The molecule has 1 atom stereocenters. The van der Waals surface area contributed by atoms with Gasteiger partial charge in [0.1, 0.15) is 5.82 Å². The maximum atomic E-state index is 13.3. The van der Waals surface area contributed by atoms with Gasteiger partial charge in [0.25, 0.3) is 5.91 Å². The molecule has 0 aromatic heterocycles. The summed E-state index contributed by atoms with van der Waals surface area (Å²) in [5.41, 5.74) is 1.57. The van der Waals surface area contributed by atoms with Crippen LogP contribution in [-0.4, -0.2) is 30.4 Å². The molecule has 4 heteroatoms. The van der Waals surface area contributed by atoms with Crippen LogP contribution in [0.4, 0.5) is 4.39 Å². The summed E-state index contributed by atoms with van der Waals surface area (Å²) >= 11 is 0. The molecule has 1 amide bonds. The number of halogens is 1. The highest BCUT2D eigenvalue weighted by molar-refractivity contribution is 5.94. The van der Waals surface area contributed by atoms with Crippen LogP contribution in [0.5, 0.6) is 0 Å². The molecule has 0 saturated carbocycles. The lowest BCUT2D eigenvalue weighted by molar-refractivity contribution is 0.0912. The van der Waals surface area contributed by atoms with Gasteiger partial charge in [-0.25, -0.2) is 4.39 Å². The van der Waals surface area contributed by atoms with Gasteiger partial charge in [-0.2, -0.15) is 0 Å². The number of carbonyl (C=O) groups excluding carboxylic acids is 1. The normalized spacial score (nSPS) is 17.2. The number of hydrogen-bond donors (Lipinski definition) is 1. The summed E-state index contributed by atoms with van der Waals surface area (Å²) in [6, 6.07) is 16.2. The van der Waals surface area contributed by atoms with E-state index in [1.54, 1.807) is 12.1 Å². The summed E-state index contributed by atoms with van der Waals surface area (Å²) in [4.78, 5) is 14.8. The van der Waals surface area contributed by atoms with Crippen LogP contribution in [0.1, 0.15) is 41.7 Å². The molecule has 1 N–H and O–H groups in total. The first-order valence-electron chi connectivity index (χ1n) is 8.96. The Labute approximate surface area is 148 Å². The van der Waals surface area contributed by atoms with Crippen molar-refractivity contribution in [3.8, 4) is 0 Å². The zero-order valence-electron chi connectivity index (χ0n) is 14.6. The van der Waals surface area contributed by atoms with Crippen LogP contribution in [0.15, 0.2) is 54.6 Å². The lowest BCUT2D eigenvalue weighted by Crippen LogP contribution is -2.42. The van der Waals surface area contributed by atoms with Crippen molar-refractivity contribution in [3.63, 3.8) is 0 Å². The van der Waals surface area contributed by atoms with Crippen LogP contribution >= 0.6 is 0 Å². The zero-order chi connectivity index (χ0) is 17.6. The third-order valence-corrected chi connectivity index (χ3v) is 4.99. The number of hydrogen-bond acceptors (Lipinski definition) is 2. The summed E-state index contributed by atoms with van der Waals surface area (Å²) in [7, 11) is 0. The van der Waals surface area contributed by atoms with E-state index in [-0.39, 0.29) is 11.9 Å². The van der Waals surface area contributed by atoms with Gasteiger partial charge in [0.15, 0.2) is 0 Å². The molecular weight excluding hydrogens is 315 g/mol. The van der Waals surface area contributed by atoms with E-state index in [0.717, 1.165) is 19.0 Å². The van der Waals surface area contributed by atoms with Crippen molar-refractivity contribution < 1.29 is 9.18 Å². The first-order valence-corrected chi connectivity index (χ1v) is 8.96. The summed E-state index contributed by atoms with van der Waals surface area (Å²) in [6.45, 7) is 4.89. The fraction of sp³-hybridized carbons (Fsp3) is 0.381. The molecule has 1 unspecified atom stereocenters. The highest BCUT2D eigenvalue weighted by Crippen LogP contribution is 2.26. The van der Waals surface area contributed by atoms with Gasteiger partial charge in [0.05, 0.1) is 6.04 Å². The number of piperidine rings is 1. The van der Waals surface area contributed by atoms with Crippen LogP contribution in [0.25, 0.3) is 0 Å². The Morgan fingerprint density at radius 2 is 1.88 bits per heavy atom. The molecule has 1 saturated heterocycles. The standard InChI is InChI=1S/C21H25FN2O/c1-16-10-12-24(13-11-16)20(17-6-3-2-4-7-17)15-23-21(25)18-8-5-9-19(22)14-18/h2-9,14,16,20H,10-13,15H2,1H3,(H,23,25). The summed E-state index contributed by atoms with van der Waals surface area (Å²) < 4.78 is 13.3. The Balaban J connectivity index is 1.70. The first kappa shape index (κ1) is 17.6. The fourth-order valence-electron chi connectivity index (χ4n) is 3.39. The number of nitrogens with zero attached hydrogens (tertiary/aromatic N) is 1. The van der Waals surface area contributed by atoms with Crippen LogP contribution < -0.4 is 5.32 Å². The lowest BCUT2D eigenvalue weighted by Gasteiger charge is -2.37. The zero-order valence-corrected chi connectivity index (χ0v) is 14.6. The molecule has 1 heterocycles. The van der Waals surface area contributed by atoms with Crippen molar-refractivity contribution in [1.82, 2.24) is 10.2 Å². The first-order chi connectivity index (χ1) is 12.1. The van der Waals surface area contributed by atoms with Crippen molar-refractivity contribution in [2.75, 3.05) is 19.6 Å². The Morgan fingerprint density at radius 1 is 1.16 bits per heavy atom. The third kappa shape index (κ3) is 4.67. The second-order valence-corrected chi connectivity index (χ2v) is 6.87. The number of likely N-dealkylation sites (tertiary alicyclic amines) is 1. The quantitative estimate of drug-likeness (QED) is 0.891. The van der Waals surface area contributed by atoms with Gasteiger partial charge in [-0.3, -0.25) is 9.69 Å². The molecule has 0 aliphatic carbocycles. The topological polar surface area (TPSA) is 32.3 Å². The van der Waals surface area contributed by atoms with Crippen LogP contribution in [0.3, 0.4) is 0 Å². The highest BCUT2D eigenvalue weighted by Gasteiger charge is 2.25. The minimum absolute atomic E-state index is 0.145. The number of carbonyl (C=O) groups is 1. The maximum Gasteiger partial charge on any atom is 0.251 e. The average Bonchev–Trinajstić information content (AvgIpc) is 2.64. The summed E-state index contributed by atoms with van der Waals surface area (Å²) in [5, 5.41) is 2.99. The van der Waals surface area contributed by atoms with Crippen molar-refractivity contribution in [2.45, 2.75) is 25.8 Å². The number of nitrogens with one attached hydrogen (secondary N) is 1. The predicted octanol–water partition coefficient (Wildman–Crippen LogP) is 4.03. The molecule has 1 aliphatic heterocycles. The van der Waals surface area contributed by atoms with Gasteiger partial charge in [-0.15, -0.1) is 0 Å². The number of benzene rings is 2. The van der Waals surface area contributed by atoms with Crippen LogP contribution in [-0.2, 0) is 0 Å². The Kier molecular flexibility index (Phi) is 5.82. The largest absolute Gasteiger partial charge is 0.350 e. The molecule has 3 rings (SSSR count). The molecule has 1 fully saturated rings. The average molecular weight is 340 g/mol. The van der Waals surface area contributed by atoms with Gasteiger partial charge in [-0.05, 0) is 55.6 Å². The minimum Gasteiger partial charge on any atom is -0.350 e. The number of rotatable bonds is 5. The SMILES string of the molecule is CC1CCN(C(CNC(=O)c2cccc(F)c2)c2ccccc2)CC1. The van der Waals surface area contributed by atoms with E-state index in [4.69, 9.17) is 0 Å². The van der Waals surface area contributed by atoms with Crippen molar-refractivity contribution >= 4 is 5.91 Å². The molecule has 0 bridgehead atoms. The molecule has 25 heavy (non-hydrogen) atoms. The van der Waals surface area contributed by atoms with Gasteiger partial charge >= 0.3 is 0 Å². The molecule has 0 spiro atoms. The molecule has 3 nitrogen and oxygen atoms in total. The van der Waals surface area contributed by atoms with Gasteiger partial charge in [0, 0.05) is 12.1 Å². The second kappa shape index (κ2) is 8.26. The summed E-state index contributed by atoms with van der Waals surface area (Å²) in [6.07, 6.45) is 2.36. The Bertz CT molecular complexity index is 696. The van der Waals surface area contributed by atoms with Gasteiger partial charge in [0.2, 0.25) is 0 Å². The minimum atomic E-state index is -0.391. The number of amides is 1. The lowest BCUT2D eigenvalue weighted by atomic mass is 9.95. The molecule has 0 radical (unpaired) electrons. The van der Waals surface area contributed by atoms with Crippen molar-refractivity contribution in [1.29, 1.82) is 0 Å². The fourth-order valence-corrected chi connectivity index (χ4v) is 3.39. The van der Waals surface area contributed by atoms with E-state index in [2.05, 4.69) is 29.3 Å². The van der Waals surface area contributed by atoms with E-state index >= 15 is 0 Å². The van der Waals surface area contributed by atoms with E-state index in [1.807, 2.05) is 18.2 Å². The van der Waals surface area contributed by atoms with E-state index < -0.39 is 5.82 Å². The molecule has 132 valence electrons. The molecule has 1 aliphatic rings. The Hall–Kier alpha value is -2.20. The van der Waals surface area contributed by atoms with E-state index in [9.17, 15) is 9.18 Å². The monoisotopic (exact) mass is 340 g/mol. The highest BCUT2D eigenvalue weighted by atomic mass is 19.1. The smallest absolute Gasteiger partial charge is 0.251 e.